The summed E-state index contributed by atoms with van der Waals surface area (Å²) in [4.78, 5) is 13.8. The molecule has 3 N–H and O–H groups in total. The molecule has 21 heavy (non-hydrogen) atoms. The number of hydrogen-bond acceptors (Lipinski definition) is 3. The summed E-state index contributed by atoms with van der Waals surface area (Å²) in [7, 11) is 1.59. The van der Waals surface area contributed by atoms with E-state index >= 15 is 0 Å². The van der Waals surface area contributed by atoms with Crippen molar-refractivity contribution in [3.8, 4) is 0 Å². The van der Waals surface area contributed by atoms with E-state index in [1.54, 1.807) is 7.05 Å². The molecule has 6 nitrogen and oxygen atoms in total. The van der Waals surface area contributed by atoms with Crippen LogP contribution in [0.15, 0.2) is 30.3 Å². The molecular weight excluding hydrogens is 266 g/mol. The Morgan fingerprint density at radius 3 is 2.95 bits per heavy atom. The van der Waals surface area contributed by atoms with Crippen LogP contribution in [-0.2, 0) is 19.5 Å². The summed E-state index contributed by atoms with van der Waals surface area (Å²) in [6.45, 7) is 2.72. The van der Waals surface area contributed by atoms with Gasteiger partial charge in [-0.15, -0.1) is 0 Å². The lowest BCUT2D eigenvalue weighted by Crippen LogP contribution is -2.31. The van der Waals surface area contributed by atoms with Gasteiger partial charge in [-0.3, -0.25) is 15.3 Å². The zero-order valence-corrected chi connectivity index (χ0v) is 12.0. The third kappa shape index (κ3) is 3.05. The van der Waals surface area contributed by atoms with Gasteiger partial charge in [-0.1, -0.05) is 30.3 Å². The summed E-state index contributed by atoms with van der Waals surface area (Å²) < 4.78 is 0. The van der Waals surface area contributed by atoms with Crippen LogP contribution in [-0.4, -0.2) is 34.7 Å². The van der Waals surface area contributed by atoms with Crippen molar-refractivity contribution in [2.24, 2.45) is 0 Å². The number of anilines is 1. The fraction of sp³-hybridized carbons (Fsp3) is 0.333. The molecule has 2 amide bonds. The lowest BCUT2D eigenvalue weighted by atomic mass is 10.1. The first-order chi connectivity index (χ1) is 10.3. The largest absolute Gasteiger partial charge is 0.341 e. The van der Waals surface area contributed by atoms with Crippen LogP contribution in [0.1, 0.15) is 16.8 Å². The highest BCUT2D eigenvalue weighted by molar-refractivity contribution is 5.88. The van der Waals surface area contributed by atoms with Gasteiger partial charge in [0.15, 0.2) is 5.82 Å². The van der Waals surface area contributed by atoms with Crippen molar-refractivity contribution in [2.45, 2.75) is 19.5 Å². The number of H-pyrrole nitrogens is 1. The molecule has 0 aliphatic carbocycles. The van der Waals surface area contributed by atoms with Crippen molar-refractivity contribution in [2.75, 3.05) is 18.9 Å². The quantitative estimate of drug-likeness (QED) is 0.804. The van der Waals surface area contributed by atoms with Gasteiger partial charge in [0, 0.05) is 32.2 Å². The monoisotopic (exact) mass is 285 g/mol. The second-order valence-electron chi connectivity index (χ2n) is 5.18. The van der Waals surface area contributed by atoms with Crippen molar-refractivity contribution < 1.29 is 4.79 Å². The maximum Gasteiger partial charge on any atom is 0.320 e. The molecule has 2 aromatic rings. The fourth-order valence-electron chi connectivity index (χ4n) is 2.62. The van der Waals surface area contributed by atoms with E-state index < -0.39 is 0 Å². The zero-order valence-electron chi connectivity index (χ0n) is 12.0. The third-order valence-corrected chi connectivity index (χ3v) is 3.72. The van der Waals surface area contributed by atoms with Crippen LogP contribution in [0.4, 0.5) is 10.6 Å². The number of hydrogen-bond donors (Lipinski definition) is 3. The molecule has 2 heterocycles. The van der Waals surface area contributed by atoms with Crippen molar-refractivity contribution in [3.05, 3.63) is 47.2 Å². The van der Waals surface area contributed by atoms with E-state index in [-0.39, 0.29) is 6.03 Å². The summed E-state index contributed by atoms with van der Waals surface area (Å²) in [6, 6.07) is 10.2. The number of carbonyl (C=O) groups excluding carboxylic acids is 1. The molecule has 0 fully saturated rings. The Kier molecular flexibility index (Phi) is 3.87. The Labute approximate surface area is 123 Å². The average Bonchev–Trinajstić information content (AvgIpc) is 2.90. The van der Waals surface area contributed by atoms with E-state index in [9.17, 15) is 4.79 Å². The molecule has 6 heteroatoms. The number of benzene rings is 1. The SMILES string of the molecule is CNC(=O)Nc1n[nH]c2c1CCN(Cc1ccccc1)C2. The van der Waals surface area contributed by atoms with Gasteiger partial charge in [0.2, 0.25) is 0 Å². The highest BCUT2D eigenvalue weighted by atomic mass is 16.2. The highest BCUT2D eigenvalue weighted by Gasteiger charge is 2.22. The van der Waals surface area contributed by atoms with E-state index in [4.69, 9.17) is 0 Å². The predicted molar refractivity (Wildman–Crippen MR) is 80.9 cm³/mol. The molecule has 3 rings (SSSR count). The van der Waals surface area contributed by atoms with Gasteiger partial charge in [0.05, 0.1) is 5.69 Å². The summed E-state index contributed by atoms with van der Waals surface area (Å²) in [5.41, 5.74) is 3.51. The van der Waals surface area contributed by atoms with Crippen molar-refractivity contribution in [3.63, 3.8) is 0 Å². The van der Waals surface area contributed by atoms with Crippen molar-refractivity contribution >= 4 is 11.8 Å². The van der Waals surface area contributed by atoms with Crippen molar-refractivity contribution in [1.29, 1.82) is 0 Å². The standard InChI is InChI=1S/C15H19N5O/c1-16-15(21)17-14-12-7-8-20(10-13(12)18-19-14)9-11-5-3-2-4-6-11/h2-6H,7-10H2,1H3,(H3,16,17,18,19,21). The first-order valence-electron chi connectivity index (χ1n) is 7.07. The molecule has 0 atom stereocenters. The Hall–Kier alpha value is -2.34. The van der Waals surface area contributed by atoms with E-state index in [0.29, 0.717) is 5.82 Å². The maximum absolute atomic E-state index is 11.4. The number of aromatic amines is 1. The normalized spacial score (nSPS) is 14.5. The number of urea groups is 1. The molecule has 0 bridgehead atoms. The molecule has 1 aromatic heterocycles. The van der Waals surface area contributed by atoms with Gasteiger partial charge in [-0.05, 0) is 12.0 Å². The second-order valence-corrected chi connectivity index (χ2v) is 5.18. The van der Waals surface area contributed by atoms with Crippen LogP contribution in [0.2, 0.25) is 0 Å². The average molecular weight is 285 g/mol. The molecule has 1 aliphatic rings. The van der Waals surface area contributed by atoms with Crippen LogP contribution >= 0.6 is 0 Å². The van der Waals surface area contributed by atoms with Crippen LogP contribution in [0.3, 0.4) is 0 Å². The van der Waals surface area contributed by atoms with E-state index in [0.717, 1.165) is 37.3 Å². The number of aromatic nitrogens is 2. The van der Waals surface area contributed by atoms with Crippen LogP contribution < -0.4 is 10.6 Å². The lowest BCUT2D eigenvalue weighted by molar-refractivity contribution is 0.242. The minimum Gasteiger partial charge on any atom is -0.341 e. The zero-order chi connectivity index (χ0) is 14.7. The second kappa shape index (κ2) is 5.97. The van der Waals surface area contributed by atoms with Crippen LogP contribution in [0, 0.1) is 0 Å². The number of carbonyl (C=O) groups is 1. The first-order valence-corrected chi connectivity index (χ1v) is 7.07. The van der Waals surface area contributed by atoms with E-state index in [1.807, 2.05) is 6.07 Å². The molecule has 1 aromatic carbocycles. The van der Waals surface area contributed by atoms with Crippen molar-refractivity contribution in [1.82, 2.24) is 20.4 Å². The first kappa shape index (κ1) is 13.6. The molecule has 0 radical (unpaired) electrons. The summed E-state index contributed by atoms with van der Waals surface area (Å²) in [5, 5.41) is 12.5. The van der Waals surface area contributed by atoms with Gasteiger partial charge in [0.1, 0.15) is 0 Å². The predicted octanol–water partition coefficient (Wildman–Crippen LogP) is 1.72. The smallest absolute Gasteiger partial charge is 0.320 e. The summed E-state index contributed by atoms with van der Waals surface area (Å²) in [5.74, 6) is 0.642. The Balaban J connectivity index is 1.68. The number of nitrogens with one attached hydrogen (secondary N) is 3. The topological polar surface area (TPSA) is 73.0 Å². The van der Waals surface area contributed by atoms with E-state index in [1.165, 1.54) is 5.56 Å². The van der Waals surface area contributed by atoms with Gasteiger partial charge in [-0.25, -0.2) is 4.79 Å². The Morgan fingerprint density at radius 1 is 1.38 bits per heavy atom. The van der Waals surface area contributed by atoms with Gasteiger partial charge in [0.25, 0.3) is 0 Å². The maximum atomic E-state index is 11.4. The van der Waals surface area contributed by atoms with Crippen LogP contribution in [0.5, 0.6) is 0 Å². The minimum absolute atomic E-state index is 0.240. The fourth-order valence-corrected chi connectivity index (χ4v) is 2.62. The summed E-state index contributed by atoms with van der Waals surface area (Å²) >= 11 is 0. The summed E-state index contributed by atoms with van der Waals surface area (Å²) in [6.07, 6.45) is 0.887. The molecule has 1 aliphatic heterocycles. The number of fused-ring (bicyclic) bond motifs is 1. The highest BCUT2D eigenvalue weighted by Crippen LogP contribution is 2.24. The minimum atomic E-state index is -0.240. The van der Waals surface area contributed by atoms with Gasteiger partial charge in [-0.2, -0.15) is 5.10 Å². The number of amides is 2. The molecule has 0 saturated carbocycles. The molecule has 110 valence electrons. The van der Waals surface area contributed by atoms with Crippen LogP contribution in [0.25, 0.3) is 0 Å². The molecule has 0 saturated heterocycles. The van der Waals surface area contributed by atoms with Gasteiger partial charge < -0.3 is 5.32 Å². The molecular formula is C15H19N5O. The van der Waals surface area contributed by atoms with Gasteiger partial charge >= 0.3 is 6.03 Å². The third-order valence-electron chi connectivity index (χ3n) is 3.72. The Morgan fingerprint density at radius 2 is 2.19 bits per heavy atom. The number of nitrogens with zero attached hydrogens (tertiary/aromatic N) is 2. The molecule has 0 unspecified atom stereocenters. The molecule has 0 spiro atoms. The number of rotatable bonds is 3. The Bertz CT molecular complexity index is 622. The lowest BCUT2D eigenvalue weighted by Gasteiger charge is -2.26. The van der Waals surface area contributed by atoms with E-state index in [2.05, 4.69) is 50.0 Å².